The van der Waals surface area contributed by atoms with E-state index in [1.807, 2.05) is 20.0 Å². The molecule has 1 saturated carbocycles. The van der Waals surface area contributed by atoms with E-state index in [9.17, 15) is 14.4 Å². The Bertz CT molecular complexity index is 980. The minimum Gasteiger partial charge on any atom is -0.435 e. The van der Waals surface area contributed by atoms with Gasteiger partial charge in [-0.1, -0.05) is 0 Å². The topological polar surface area (TPSA) is 125 Å². The summed E-state index contributed by atoms with van der Waals surface area (Å²) < 4.78 is 5.89. The minimum atomic E-state index is -0.783. The average Bonchev–Trinajstić information content (AvgIpc) is 3.35. The highest BCUT2D eigenvalue weighted by Gasteiger charge is 2.47. The standard InChI is InChI=1S/C24H34N6O4/c1-15-12-19(30-10-4-5-11-30)26-14-18(15)20-24(34-23(33)29-28-20)8-6-17(7-9-24)13-16(2)27-22(32)21(31)25-3/h12,14,16-17H,4-11,13H2,1-3H3,(H,25,31)(H,27,32)(H,29,33)/t16-,17?,24?/m0/s1. The number of anilines is 1. The van der Waals surface area contributed by atoms with E-state index < -0.39 is 23.5 Å². The molecule has 0 aromatic carbocycles. The van der Waals surface area contributed by atoms with E-state index in [2.05, 4.69) is 32.1 Å². The molecule has 0 bridgehead atoms. The summed E-state index contributed by atoms with van der Waals surface area (Å²) in [7, 11) is 1.43. The van der Waals surface area contributed by atoms with Crippen LogP contribution in [0.15, 0.2) is 17.4 Å². The number of nitrogens with one attached hydrogen (secondary N) is 3. The third-order valence-electron chi connectivity index (χ3n) is 7.17. The molecule has 4 rings (SSSR count). The Morgan fingerprint density at radius 1 is 1.26 bits per heavy atom. The maximum Gasteiger partial charge on any atom is 0.428 e. The lowest BCUT2D eigenvalue weighted by Gasteiger charge is -2.42. The summed E-state index contributed by atoms with van der Waals surface area (Å²) in [6.07, 6.45) is 7.39. The molecule has 1 atom stereocenters. The number of hydrogen-bond acceptors (Lipinski definition) is 7. The van der Waals surface area contributed by atoms with Crippen LogP contribution < -0.4 is 21.0 Å². The molecule has 1 aliphatic carbocycles. The van der Waals surface area contributed by atoms with Crippen LogP contribution in [0.25, 0.3) is 0 Å². The van der Waals surface area contributed by atoms with Crippen molar-refractivity contribution in [2.24, 2.45) is 11.0 Å². The van der Waals surface area contributed by atoms with Gasteiger partial charge in [-0.05, 0) is 76.3 Å². The highest BCUT2D eigenvalue weighted by Crippen LogP contribution is 2.41. The van der Waals surface area contributed by atoms with Crippen LogP contribution in [0, 0.1) is 12.8 Å². The molecule has 10 nitrogen and oxygen atoms in total. The fourth-order valence-electron chi connectivity index (χ4n) is 5.35. The number of carbonyl (C=O) groups excluding carboxylic acids is 3. The van der Waals surface area contributed by atoms with Crippen LogP contribution in [-0.2, 0) is 14.3 Å². The molecule has 1 aromatic rings. The van der Waals surface area contributed by atoms with Crippen LogP contribution >= 0.6 is 0 Å². The van der Waals surface area contributed by atoms with E-state index in [-0.39, 0.29) is 6.04 Å². The average molecular weight is 471 g/mol. The maximum atomic E-state index is 12.2. The molecule has 1 aromatic heterocycles. The van der Waals surface area contributed by atoms with Crippen molar-refractivity contribution in [2.45, 2.75) is 70.4 Å². The van der Waals surface area contributed by atoms with E-state index in [1.165, 1.54) is 19.9 Å². The van der Waals surface area contributed by atoms with Crippen LogP contribution in [0.4, 0.5) is 10.6 Å². The first-order chi connectivity index (χ1) is 16.3. The van der Waals surface area contributed by atoms with Crippen molar-refractivity contribution in [3.8, 4) is 0 Å². The third-order valence-corrected chi connectivity index (χ3v) is 7.17. The molecular weight excluding hydrogens is 436 g/mol. The number of likely N-dealkylation sites (N-methyl/N-ethyl adjacent to an activating group) is 1. The molecule has 1 saturated heterocycles. The van der Waals surface area contributed by atoms with Gasteiger partial charge in [0.15, 0.2) is 5.60 Å². The Balaban J connectivity index is 1.45. The van der Waals surface area contributed by atoms with Gasteiger partial charge in [0.25, 0.3) is 0 Å². The van der Waals surface area contributed by atoms with E-state index >= 15 is 0 Å². The number of hydrogen-bond donors (Lipinski definition) is 3. The number of carbonyl (C=O) groups is 3. The van der Waals surface area contributed by atoms with Gasteiger partial charge in [-0.3, -0.25) is 9.59 Å². The summed E-state index contributed by atoms with van der Waals surface area (Å²) in [6.45, 7) is 6.00. The van der Waals surface area contributed by atoms with Crippen LogP contribution in [0.2, 0.25) is 0 Å². The summed E-state index contributed by atoms with van der Waals surface area (Å²) in [5, 5.41) is 9.52. The largest absolute Gasteiger partial charge is 0.435 e. The van der Waals surface area contributed by atoms with Crippen LogP contribution in [0.5, 0.6) is 0 Å². The third kappa shape index (κ3) is 5.00. The number of amides is 3. The fraction of sp³-hybridized carbons (Fsp3) is 0.625. The number of pyridine rings is 1. The summed E-state index contributed by atoms with van der Waals surface area (Å²) in [5.41, 5.74) is 4.38. The first-order valence-electron chi connectivity index (χ1n) is 12.1. The molecule has 184 valence electrons. The smallest absolute Gasteiger partial charge is 0.428 e. The van der Waals surface area contributed by atoms with Gasteiger partial charge in [-0.2, -0.15) is 5.10 Å². The van der Waals surface area contributed by atoms with Crippen LogP contribution in [0.3, 0.4) is 0 Å². The van der Waals surface area contributed by atoms with Gasteiger partial charge in [0.1, 0.15) is 11.5 Å². The molecule has 10 heteroatoms. The number of aryl methyl sites for hydroxylation is 1. The SMILES string of the molecule is CNC(=O)C(=O)N[C@@H](C)CC1CCC2(CC1)OC(=O)NN=C2c1cnc(N2CCCC2)cc1C. The van der Waals surface area contributed by atoms with E-state index in [0.29, 0.717) is 18.8 Å². The lowest BCUT2D eigenvalue weighted by atomic mass is 9.72. The molecule has 2 aliphatic heterocycles. The quantitative estimate of drug-likeness (QED) is 0.566. The Labute approximate surface area is 199 Å². The zero-order valence-electron chi connectivity index (χ0n) is 20.1. The molecule has 2 fully saturated rings. The zero-order chi connectivity index (χ0) is 24.3. The highest BCUT2D eigenvalue weighted by molar-refractivity contribution is 6.35. The molecule has 3 N–H and O–H groups in total. The number of rotatable bonds is 5. The number of ether oxygens (including phenoxy) is 1. The molecule has 1 spiro atoms. The molecular formula is C24H34N6O4. The minimum absolute atomic E-state index is 0.128. The molecule has 3 amide bonds. The normalized spacial score (nSPS) is 25.3. The van der Waals surface area contributed by atoms with Gasteiger partial charge in [0, 0.05) is 37.9 Å². The molecule has 3 heterocycles. The second kappa shape index (κ2) is 9.99. The van der Waals surface area contributed by atoms with Crippen molar-refractivity contribution < 1.29 is 19.1 Å². The van der Waals surface area contributed by atoms with Crippen LogP contribution in [-0.4, -0.2) is 60.4 Å². The fourth-order valence-corrected chi connectivity index (χ4v) is 5.35. The van der Waals surface area contributed by atoms with Gasteiger partial charge in [0.2, 0.25) is 0 Å². The second-order valence-corrected chi connectivity index (χ2v) is 9.64. The first kappa shape index (κ1) is 24.0. The Hall–Kier alpha value is -3.17. The summed E-state index contributed by atoms with van der Waals surface area (Å²) >= 11 is 0. The summed E-state index contributed by atoms with van der Waals surface area (Å²) in [6, 6.07) is 1.97. The maximum absolute atomic E-state index is 12.2. The Morgan fingerprint density at radius 3 is 2.62 bits per heavy atom. The van der Waals surface area contributed by atoms with Gasteiger partial charge < -0.3 is 20.3 Å². The van der Waals surface area contributed by atoms with Crippen molar-refractivity contribution in [1.82, 2.24) is 21.0 Å². The van der Waals surface area contributed by atoms with Crippen molar-refractivity contribution >= 4 is 29.4 Å². The van der Waals surface area contributed by atoms with E-state index in [0.717, 1.165) is 55.0 Å². The second-order valence-electron chi connectivity index (χ2n) is 9.64. The van der Waals surface area contributed by atoms with Crippen molar-refractivity contribution in [1.29, 1.82) is 0 Å². The Kier molecular flexibility index (Phi) is 7.04. The van der Waals surface area contributed by atoms with Gasteiger partial charge in [-0.25, -0.2) is 15.2 Å². The predicted molar refractivity (Wildman–Crippen MR) is 128 cm³/mol. The zero-order valence-corrected chi connectivity index (χ0v) is 20.1. The van der Waals surface area contributed by atoms with Crippen molar-refractivity contribution in [2.75, 3.05) is 25.0 Å². The highest BCUT2D eigenvalue weighted by atomic mass is 16.6. The molecule has 0 unspecified atom stereocenters. The van der Waals surface area contributed by atoms with Gasteiger partial charge >= 0.3 is 17.9 Å². The number of nitrogens with zero attached hydrogens (tertiary/aromatic N) is 3. The Morgan fingerprint density at radius 2 is 1.97 bits per heavy atom. The van der Waals surface area contributed by atoms with E-state index in [1.54, 1.807) is 0 Å². The number of hydrazone groups is 1. The lowest BCUT2D eigenvalue weighted by Crippen LogP contribution is -2.53. The van der Waals surface area contributed by atoms with Crippen molar-refractivity contribution in [3.63, 3.8) is 0 Å². The molecule has 3 aliphatic rings. The van der Waals surface area contributed by atoms with Crippen molar-refractivity contribution in [3.05, 3.63) is 23.4 Å². The van der Waals surface area contributed by atoms with Gasteiger partial charge in [0.05, 0.1) is 0 Å². The number of aromatic nitrogens is 1. The predicted octanol–water partition coefficient (Wildman–Crippen LogP) is 2.00. The van der Waals surface area contributed by atoms with Crippen LogP contribution in [0.1, 0.15) is 63.0 Å². The molecule has 0 radical (unpaired) electrons. The van der Waals surface area contributed by atoms with E-state index in [4.69, 9.17) is 9.72 Å². The monoisotopic (exact) mass is 470 g/mol. The summed E-state index contributed by atoms with van der Waals surface area (Å²) in [4.78, 5) is 42.4. The van der Waals surface area contributed by atoms with Gasteiger partial charge in [-0.15, -0.1) is 0 Å². The first-order valence-corrected chi connectivity index (χ1v) is 12.1. The summed E-state index contributed by atoms with van der Waals surface area (Å²) in [5.74, 6) is 0.0591. The molecule has 34 heavy (non-hydrogen) atoms. The lowest BCUT2D eigenvalue weighted by molar-refractivity contribution is -0.139.